The Labute approximate surface area is 161 Å². The fraction of sp³-hybridized carbons (Fsp3) is 0.300. The van der Waals surface area contributed by atoms with Gasteiger partial charge in [-0.1, -0.05) is 36.9 Å². The number of pyridine rings is 1. The molecule has 7 heteroatoms. The molecule has 2 aromatic rings. The van der Waals surface area contributed by atoms with Crippen LogP contribution in [-0.4, -0.2) is 38.9 Å². The van der Waals surface area contributed by atoms with E-state index in [1.165, 1.54) is 11.1 Å². The lowest BCUT2D eigenvalue weighted by Crippen LogP contribution is -2.50. The summed E-state index contributed by atoms with van der Waals surface area (Å²) in [6, 6.07) is 9.86. The highest BCUT2D eigenvalue weighted by Crippen LogP contribution is 2.32. The first kappa shape index (κ1) is 19.1. The number of aromatic nitrogens is 1. The summed E-state index contributed by atoms with van der Waals surface area (Å²) in [5, 5.41) is 9.42. The van der Waals surface area contributed by atoms with Crippen LogP contribution in [0.25, 0.3) is 0 Å². The highest BCUT2D eigenvalue weighted by atomic mass is 32.2. The van der Waals surface area contributed by atoms with Crippen LogP contribution < -0.4 is 4.90 Å². The predicted octanol–water partition coefficient (Wildman–Crippen LogP) is 3.02. The molecule has 27 heavy (non-hydrogen) atoms. The number of para-hydroxylation sites is 1. The third-order valence-corrected chi connectivity index (χ3v) is 5.72. The SMILES string of the molecule is CC(CSC(=O)c1cccnc1)C(=O)N1c2ccccc2CCC1C(=O)O. The van der Waals surface area contributed by atoms with Gasteiger partial charge in [-0.3, -0.25) is 19.5 Å². The molecule has 0 saturated carbocycles. The summed E-state index contributed by atoms with van der Waals surface area (Å²) in [6.07, 6.45) is 4.09. The summed E-state index contributed by atoms with van der Waals surface area (Å²) in [4.78, 5) is 42.3. The molecule has 0 aliphatic carbocycles. The molecule has 6 nitrogen and oxygen atoms in total. The second-order valence-corrected chi connectivity index (χ2v) is 7.46. The number of thioether (sulfide) groups is 1. The Morgan fingerprint density at radius 1 is 1.26 bits per heavy atom. The number of nitrogens with zero attached hydrogens (tertiary/aromatic N) is 2. The fourth-order valence-corrected chi connectivity index (χ4v) is 3.96. The molecule has 0 fully saturated rings. The minimum atomic E-state index is -1.01. The number of carboxylic acids is 1. The summed E-state index contributed by atoms with van der Waals surface area (Å²) >= 11 is 1.05. The highest BCUT2D eigenvalue weighted by Gasteiger charge is 2.37. The first-order valence-corrected chi connectivity index (χ1v) is 9.68. The zero-order valence-electron chi connectivity index (χ0n) is 14.9. The van der Waals surface area contributed by atoms with Crippen LogP contribution in [0.2, 0.25) is 0 Å². The van der Waals surface area contributed by atoms with E-state index in [0.717, 1.165) is 17.3 Å². The Morgan fingerprint density at radius 3 is 2.74 bits per heavy atom. The normalized spacial score (nSPS) is 17.1. The summed E-state index contributed by atoms with van der Waals surface area (Å²) < 4.78 is 0. The van der Waals surface area contributed by atoms with Crippen molar-refractivity contribution >= 4 is 34.4 Å². The van der Waals surface area contributed by atoms with Gasteiger partial charge in [-0.25, -0.2) is 4.79 Å². The molecule has 140 valence electrons. The average molecular weight is 384 g/mol. The lowest BCUT2D eigenvalue weighted by molar-refractivity contribution is -0.140. The summed E-state index contributed by atoms with van der Waals surface area (Å²) in [6.45, 7) is 1.72. The first-order chi connectivity index (χ1) is 13.0. The Hall–Kier alpha value is -2.67. The Morgan fingerprint density at radius 2 is 2.04 bits per heavy atom. The summed E-state index contributed by atoms with van der Waals surface area (Å²) in [5.41, 5.74) is 2.10. The van der Waals surface area contributed by atoms with Gasteiger partial charge in [0.05, 0.1) is 0 Å². The van der Waals surface area contributed by atoms with Crippen molar-refractivity contribution < 1.29 is 19.5 Å². The van der Waals surface area contributed by atoms with Gasteiger partial charge >= 0.3 is 5.97 Å². The number of hydrogen-bond acceptors (Lipinski definition) is 5. The van der Waals surface area contributed by atoms with Crippen molar-refractivity contribution in [3.05, 3.63) is 59.9 Å². The molecule has 1 aromatic heterocycles. The number of carboxylic acid groups (broad SMARTS) is 1. The number of aryl methyl sites for hydroxylation is 1. The number of carbonyl (C=O) groups is 3. The molecule has 0 saturated heterocycles. The molecule has 0 bridgehead atoms. The largest absolute Gasteiger partial charge is 0.480 e. The van der Waals surface area contributed by atoms with E-state index in [0.29, 0.717) is 24.1 Å². The Bertz CT molecular complexity index is 856. The molecule has 1 aromatic carbocycles. The summed E-state index contributed by atoms with van der Waals surface area (Å²) in [5.74, 6) is -1.51. The van der Waals surface area contributed by atoms with Gasteiger partial charge < -0.3 is 5.11 Å². The van der Waals surface area contributed by atoms with E-state index in [9.17, 15) is 19.5 Å². The lowest BCUT2D eigenvalue weighted by atomic mass is 9.94. The van der Waals surface area contributed by atoms with E-state index in [2.05, 4.69) is 4.98 Å². The topological polar surface area (TPSA) is 87.6 Å². The number of hydrogen-bond donors (Lipinski definition) is 1. The van der Waals surface area contributed by atoms with Crippen molar-refractivity contribution in [1.29, 1.82) is 0 Å². The van der Waals surface area contributed by atoms with Gasteiger partial charge in [0, 0.05) is 35.3 Å². The van der Waals surface area contributed by atoms with Gasteiger partial charge in [0.2, 0.25) is 11.0 Å². The van der Waals surface area contributed by atoms with Gasteiger partial charge in [0.15, 0.2) is 0 Å². The van der Waals surface area contributed by atoms with Crippen molar-refractivity contribution in [2.24, 2.45) is 5.92 Å². The molecule has 0 spiro atoms. The average Bonchev–Trinajstić information content (AvgIpc) is 2.70. The van der Waals surface area contributed by atoms with E-state index < -0.39 is 17.9 Å². The van der Waals surface area contributed by atoms with Gasteiger partial charge in [0.1, 0.15) is 6.04 Å². The third kappa shape index (κ3) is 4.19. The van der Waals surface area contributed by atoms with E-state index in [1.807, 2.05) is 12.1 Å². The molecule has 2 atom stereocenters. The number of fused-ring (bicyclic) bond motifs is 1. The van der Waals surface area contributed by atoms with Crippen molar-refractivity contribution in [3.8, 4) is 0 Å². The minimum Gasteiger partial charge on any atom is -0.480 e. The van der Waals surface area contributed by atoms with Crippen LogP contribution in [0.1, 0.15) is 29.3 Å². The van der Waals surface area contributed by atoms with Crippen LogP contribution >= 0.6 is 11.8 Å². The van der Waals surface area contributed by atoms with Gasteiger partial charge in [0.25, 0.3) is 0 Å². The third-order valence-electron chi connectivity index (χ3n) is 4.56. The molecular formula is C20H20N2O4S. The van der Waals surface area contributed by atoms with Crippen LogP contribution in [0.15, 0.2) is 48.8 Å². The maximum absolute atomic E-state index is 13.1. The lowest BCUT2D eigenvalue weighted by Gasteiger charge is -2.36. The first-order valence-electron chi connectivity index (χ1n) is 8.70. The Balaban J connectivity index is 1.74. The molecule has 3 rings (SSSR count). The molecule has 2 unspecified atom stereocenters. The summed E-state index contributed by atoms with van der Waals surface area (Å²) in [7, 11) is 0. The Kier molecular flexibility index (Phi) is 5.91. The standard InChI is InChI=1S/C20H20N2O4S/c1-13(12-27-20(26)15-6-4-10-21-11-15)18(23)22-16-7-3-2-5-14(16)8-9-17(22)19(24)25/h2-7,10-11,13,17H,8-9,12H2,1H3,(H,24,25). The van der Waals surface area contributed by atoms with Gasteiger partial charge in [-0.2, -0.15) is 0 Å². The van der Waals surface area contributed by atoms with E-state index in [-0.39, 0.29) is 16.8 Å². The molecule has 1 aliphatic rings. The maximum Gasteiger partial charge on any atom is 0.326 e. The fourth-order valence-electron chi connectivity index (χ4n) is 3.13. The molecule has 2 heterocycles. The van der Waals surface area contributed by atoms with E-state index in [4.69, 9.17) is 0 Å². The van der Waals surface area contributed by atoms with Crippen molar-refractivity contribution in [1.82, 2.24) is 4.98 Å². The predicted molar refractivity (Wildman–Crippen MR) is 104 cm³/mol. The number of aliphatic carboxylic acids is 1. The maximum atomic E-state index is 13.1. The second kappa shape index (κ2) is 8.35. The molecule has 1 amide bonds. The number of amides is 1. The molecular weight excluding hydrogens is 364 g/mol. The van der Waals surface area contributed by atoms with Gasteiger partial charge in [-0.15, -0.1) is 0 Å². The van der Waals surface area contributed by atoms with Crippen LogP contribution in [0.4, 0.5) is 5.69 Å². The zero-order chi connectivity index (χ0) is 19.4. The second-order valence-electron chi connectivity index (χ2n) is 6.47. The molecule has 0 radical (unpaired) electrons. The van der Waals surface area contributed by atoms with Crippen molar-refractivity contribution in [2.45, 2.75) is 25.8 Å². The highest BCUT2D eigenvalue weighted by molar-refractivity contribution is 8.14. The van der Waals surface area contributed by atoms with Crippen molar-refractivity contribution in [2.75, 3.05) is 10.7 Å². The van der Waals surface area contributed by atoms with Crippen molar-refractivity contribution in [3.63, 3.8) is 0 Å². The number of rotatable bonds is 5. The van der Waals surface area contributed by atoms with Gasteiger partial charge in [-0.05, 0) is 36.6 Å². The molecule has 1 N–H and O–H groups in total. The zero-order valence-corrected chi connectivity index (χ0v) is 15.7. The smallest absolute Gasteiger partial charge is 0.326 e. The van der Waals surface area contributed by atoms with E-state index >= 15 is 0 Å². The quantitative estimate of drug-likeness (QED) is 0.853. The van der Waals surface area contributed by atoms with Crippen LogP contribution in [0.5, 0.6) is 0 Å². The number of anilines is 1. The number of carbonyl (C=O) groups excluding carboxylic acids is 2. The van der Waals surface area contributed by atoms with Crippen LogP contribution in [0.3, 0.4) is 0 Å². The molecule has 1 aliphatic heterocycles. The van der Waals surface area contributed by atoms with Crippen LogP contribution in [0, 0.1) is 5.92 Å². The van der Waals surface area contributed by atoms with E-state index in [1.54, 1.807) is 37.4 Å². The monoisotopic (exact) mass is 384 g/mol. The minimum absolute atomic E-state index is 0.156. The number of benzene rings is 1. The van der Waals surface area contributed by atoms with Crippen LogP contribution in [-0.2, 0) is 16.0 Å².